The predicted molar refractivity (Wildman–Crippen MR) is 166 cm³/mol. The SMILES string of the molecule is C=C(C)c1cc(NC(=O)c2ccc(C)c(Nc3ncnc4c(N)nc(N5CCC(N6CCCCC6)CC5)nc34)c2)n[nH]1. The molecule has 2 aliphatic heterocycles. The van der Waals surface area contributed by atoms with Gasteiger partial charge in [-0.1, -0.05) is 19.1 Å². The highest BCUT2D eigenvalue weighted by Crippen LogP contribution is 2.30. The van der Waals surface area contributed by atoms with Gasteiger partial charge in [0.1, 0.15) is 17.4 Å². The Hall–Kier alpha value is -4.58. The van der Waals surface area contributed by atoms with Gasteiger partial charge in [-0.2, -0.15) is 10.1 Å². The van der Waals surface area contributed by atoms with E-state index in [-0.39, 0.29) is 5.91 Å². The third kappa shape index (κ3) is 5.75. The van der Waals surface area contributed by atoms with Crippen molar-refractivity contribution in [2.24, 2.45) is 0 Å². The third-order valence-corrected chi connectivity index (χ3v) is 8.18. The van der Waals surface area contributed by atoms with Crippen molar-refractivity contribution in [1.82, 2.24) is 35.0 Å². The summed E-state index contributed by atoms with van der Waals surface area (Å²) in [6.45, 7) is 11.9. The van der Waals surface area contributed by atoms with Crippen molar-refractivity contribution in [3.8, 4) is 0 Å². The van der Waals surface area contributed by atoms with Gasteiger partial charge in [-0.25, -0.2) is 15.0 Å². The lowest BCUT2D eigenvalue weighted by atomic mass is 10.0. The molecule has 12 nitrogen and oxygen atoms in total. The summed E-state index contributed by atoms with van der Waals surface area (Å²) in [5.41, 5.74) is 11.1. The summed E-state index contributed by atoms with van der Waals surface area (Å²) in [5.74, 6) is 1.55. The molecule has 12 heteroatoms. The van der Waals surface area contributed by atoms with Crippen molar-refractivity contribution in [3.63, 3.8) is 0 Å². The van der Waals surface area contributed by atoms with E-state index in [2.05, 4.69) is 52.2 Å². The second kappa shape index (κ2) is 11.7. The number of amides is 1. The Morgan fingerprint density at radius 2 is 1.83 bits per heavy atom. The number of nitrogens with zero attached hydrogens (tertiary/aromatic N) is 7. The van der Waals surface area contributed by atoms with E-state index < -0.39 is 0 Å². The number of anilines is 5. The zero-order chi connectivity index (χ0) is 29.2. The molecule has 5 N–H and O–H groups in total. The standard InChI is InChI=1S/C30H37N11O/c1-18(2)22-16-24(39-38-22)35-29(42)20-8-7-19(3)23(15-20)34-28-26-25(32-17-33-28)27(31)37-30(36-26)41-13-9-21(10-14-41)40-11-5-4-6-12-40/h7-8,15-17,21H,1,4-6,9-14H2,2-3H3,(H2,31,36,37)(H,32,33,34)(H2,35,38,39,42). The Morgan fingerprint density at radius 1 is 1.05 bits per heavy atom. The predicted octanol–water partition coefficient (Wildman–Crippen LogP) is 4.52. The van der Waals surface area contributed by atoms with Gasteiger partial charge in [-0.05, 0) is 75.9 Å². The first-order chi connectivity index (χ1) is 20.4. The number of allylic oxidation sites excluding steroid dienone is 1. The van der Waals surface area contributed by atoms with Crippen LogP contribution in [0.15, 0.2) is 37.2 Å². The molecule has 6 rings (SSSR count). The number of carbonyl (C=O) groups is 1. The molecule has 0 aliphatic carbocycles. The lowest BCUT2D eigenvalue weighted by molar-refractivity contribution is 0.102. The Bertz CT molecular complexity index is 1620. The molecule has 1 aromatic carbocycles. The van der Waals surface area contributed by atoms with Crippen LogP contribution in [0.5, 0.6) is 0 Å². The zero-order valence-electron chi connectivity index (χ0n) is 24.2. The summed E-state index contributed by atoms with van der Waals surface area (Å²) in [6, 6.07) is 7.80. The fourth-order valence-electron chi connectivity index (χ4n) is 5.72. The molecular weight excluding hydrogens is 530 g/mol. The number of piperidine rings is 2. The molecule has 4 aromatic rings. The van der Waals surface area contributed by atoms with Crippen LogP contribution in [0.3, 0.4) is 0 Å². The highest BCUT2D eigenvalue weighted by molar-refractivity contribution is 6.05. The van der Waals surface area contributed by atoms with Crippen LogP contribution < -0.4 is 21.3 Å². The molecule has 0 saturated carbocycles. The second-order valence-corrected chi connectivity index (χ2v) is 11.2. The van der Waals surface area contributed by atoms with E-state index in [1.54, 1.807) is 18.2 Å². The number of aromatic amines is 1. The first-order valence-corrected chi connectivity index (χ1v) is 14.5. The van der Waals surface area contributed by atoms with Crippen molar-refractivity contribution >= 4 is 51.6 Å². The minimum atomic E-state index is -0.285. The van der Waals surface area contributed by atoms with Gasteiger partial charge in [0.15, 0.2) is 17.5 Å². The molecule has 1 amide bonds. The largest absolute Gasteiger partial charge is 0.382 e. The number of nitrogen functional groups attached to an aromatic ring is 1. The molecule has 0 atom stereocenters. The summed E-state index contributed by atoms with van der Waals surface area (Å²) < 4.78 is 0. The quantitative estimate of drug-likeness (QED) is 0.251. The van der Waals surface area contributed by atoms with Gasteiger partial charge >= 0.3 is 0 Å². The molecule has 0 bridgehead atoms. The number of nitrogens with two attached hydrogens (primary N) is 1. The van der Waals surface area contributed by atoms with E-state index in [9.17, 15) is 4.79 Å². The Balaban J connectivity index is 1.22. The molecule has 3 aromatic heterocycles. The number of nitrogens with one attached hydrogen (secondary N) is 3. The average Bonchev–Trinajstić information content (AvgIpc) is 3.48. The minimum absolute atomic E-state index is 0.285. The van der Waals surface area contributed by atoms with E-state index in [0.717, 1.165) is 42.8 Å². The minimum Gasteiger partial charge on any atom is -0.382 e. The van der Waals surface area contributed by atoms with Gasteiger partial charge in [-0.3, -0.25) is 9.89 Å². The number of H-pyrrole nitrogens is 1. The number of carbonyl (C=O) groups excluding carboxylic acids is 1. The van der Waals surface area contributed by atoms with Crippen molar-refractivity contribution < 1.29 is 4.79 Å². The highest BCUT2D eigenvalue weighted by atomic mass is 16.1. The van der Waals surface area contributed by atoms with E-state index in [4.69, 9.17) is 10.7 Å². The van der Waals surface area contributed by atoms with Crippen LogP contribution in [0, 0.1) is 6.92 Å². The first kappa shape index (κ1) is 27.6. The van der Waals surface area contributed by atoms with E-state index >= 15 is 0 Å². The number of likely N-dealkylation sites (tertiary alicyclic amines) is 1. The summed E-state index contributed by atoms with van der Waals surface area (Å²) in [4.78, 5) is 36.2. The fraction of sp³-hybridized carbons (Fsp3) is 0.400. The maximum atomic E-state index is 13.0. The van der Waals surface area contributed by atoms with Crippen LogP contribution in [-0.2, 0) is 0 Å². The number of aryl methyl sites for hydroxylation is 1. The van der Waals surface area contributed by atoms with Crippen molar-refractivity contribution in [2.75, 3.05) is 47.4 Å². The van der Waals surface area contributed by atoms with Gasteiger partial charge in [0.25, 0.3) is 5.91 Å². The van der Waals surface area contributed by atoms with Gasteiger partial charge in [0.05, 0.1) is 5.69 Å². The zero-order valence-corrected chi connectivity index (χ0v) is 24.2. The molecule has 2 saturated heterocycles. The number of fused-ring (bicyclic) bond motifs is 1. The van der Waals surface area contributed by atoms with Gasteiger partial charge in [0.2, 0.25) is 5.95 Å². The van der Waals surface area contributed by atoms with E-state index in [1.807, 2.05) is 19.9 Å². The maximum absolute atomic E-state index is 13.0. The monoisotopic (exact) mass is 567 g/mol. The maximum Gasteiger partial charge on any atom is 0.256 e. The number of aromatic nitrogens is 6. The van der Waals surface area contributed by atoms with Crippen molar-refractivity contribution in [2.45, 2.75) is 52.0 Å². The number of hydrogen-bond donors (Lipinski definition) is 4. The van der Waals surface area contributed by atoms with E-state index in [1.165, 1.54) is 38.7 Å². The van der Waals surface area contributed by atoms with Crippen LogP contribution >= 0.6 is 0 Å². The van der Waals surface area contributed by atoms with Crippen molar-refractivity contribution in [1.29, 1.82) is 0 Å². The summed E-state index contributed by atoms with van der Waals surface area (Å²) in [7, 11) is 0. The normalized spacial score (nSPS) is 16.5. The van der Waals surface area contributed by atoms with Crippen LogP contribution in [0.2, 0.25) is 0 Å². The number of rotatable bonds is 7. The highest BCUT2D eigenvalue weighted by Gasteiger charge is 2.27. The Kier molecular flexibility index (Phi) is 7.70. The number of benzene rings is 1. The van der Waals surface area contributed by atoms with Crippen LogP contribution in [-0.4, -0.2) is 73.2 Å². The summed E-state index contributed by atoms with van der Waals surface area (Å²) in [6.07, 6.45) is 7.55. The third-order valence-electron chi connectivity index (χ3n) is 8.18. The molecule has 0 unspecified atom stereocenters. The van der Waals surface area contributed by atoms with Crippen LogP contribution in [0.1, 0.15) is 60.6 Å². The summed E-state index contributed by atoms with van der Waals surface area (Å²) in [5, 5.41) is 13.2. The van der Waals surface area contributed by atoms with Crippen LogP contribution in [0.4, 0.5) is 29.1 Å². The average molecular weight is 568 g/mol. The fourth-order valence-corrected chi connectivity index (χ4v) is 5.72. The number of hydrogen-bond acceptors (Lipinski definition) is 10. The molecule has 0 radical (unpaired) electrons. The van der Waals surface area contributed by atoms with Crippen LogP contribution in [0.25, 0.3) is 16.6 Å². The molecular formula is C30H37N11O. The molecule has 2 aliphatic rings. The molecule has 0 spiro atoms. The molecule has 218 valence electrons. The van der Waals surface area contributed by atoms with E-state index in [0.29, 0.717) is 51.7 Å². The topological polar surface area (TPSA) is 154 Å². The van der Waals surface area contributed by atoms with Gasteiger partial charge < -0.3 is 26.2 Å². The Labute approximate surface area is 244 Å². The van der Waals surface area contributed by atoms with Gasteiger partial charge in [-0.15, -0.1) is 0 Å². The van der Waals surface area contributed by atoms with Crippen molar-refractivity contribution in [3.05, 3.63) is 54.0 Å². The first-order valence-electron chi connectivity index (χ1n) is 14.5. The second-order valence-electron chi connectivity index (χ2n) is 11.2. The Morgan fingerprint density at radius 3 is 2.57 bits per heavy atom. The molecule has 2 fully saturated rings. The molecule has 5 heterocycles. The lowest BCUT2D eigenvalue weighted by Crippen LogP contribution is -2.47. The summed E-state index contributed by atoms with van der Waals surface area (Å²) >= 11 is 0. The van der Waals surface area contributed by atoms with Gasteiger partial charge in [0, 0.05) is 36.4 Å². The molecule has 42 heavy (non-hydrogen) atoms. The smallest absolute Gasteiger partial charge is 0.256 e. The lowest BCUT2D eigenvalue weighted by Gasteiger charge is -2.40.